The van der Waals surface area contributed by atoms with Crippen molar-refractivity contribution in [3.63, 3.8) is 0 Å². The van der Waals surface area contributed by atoms with Gasteiger partial charge < -0.3 is 10.1 Å². The van der Waals surface area contributed by atoms with E-state index >= 15 is 0 Å². The van der Waals surface area contributed by atoms with Crippen LogP contribution in [0.3, 0.4) is 0 Å². The van der Waals surface area contributed by atoms with Crippen molar-refractivity contribution in [3.05, 3.63) is 136 Å². The fourth-order valence-corrected chi connectivity index (χ4v) is 5.51. The molecule has 0 unspecified atom stereocenters. The lowest BCUT2D eigenvalue weighted by Gasteiger charge is -2.37. The fraction of sp³-hybridized carbons (Fsp3) is 0.156. The van der Waals surface area contributed by atoms with Crippen LogP contribution < -0.4 is 10.1 Å². The molecule has 4 aromatic carbocycles. The summed E-state index contributed by atoms with van der Waals surface area (Å²) in [5, 5.41) is 4.37. The van der Waals surface area contributed by atoms with E-state index in [1.165, 1.54) is 28.9 Å². The molecule has 1 N–H and O–H groups in total. The van der Waals surface area contributed by atoms with E-state index in [2.05, 4.69) is 58.9 Å². The van der Waals surface area contributed by atoms with Crippen molar-refractivity contribution in [2.45, 2.75) is 25.0 Å². The molecule has 0 bridgehead atoms. The number of anilines is 1. The Morgan fingerprint density at radius 1 is 0.973 bits per heavy atom. The zero-order valence-electron chi connectivity index (χ0n) is 20.1. The summed E-state index contributed by atoms with van der Waals surface area (Å²) >= 11 is 6.24. The number of para-hydroxylation sites is 1. The van der Waals surface area contributed by atoms with Gasteiger partial charge in [-0.2, -0.15) is 0 Å². The lowest BCUT2D eigenvalue weighted by atomic mass is 9.77. The second kappa shape index (κ2) is 10.2. The summed E-state index contributed by atoms with van der Waals surface area (Å²) in [4.78, 5) is 4.68. The zero-order valence-corrected chi connectivity index (χ0v) is 20.9. The van der Waals surface area contributed by atoms with Gasteiger partial charge in [-0.15, -0.1) is 0 Å². The number of allylic oxidation sites excluding steroid dienone is 2. The summed E-state index contributed by atoms with van der Waals surface area (Å²) in [6.45, 7) is 0.253. The molecule has 3 nitrogen and oxygen atoms in total. The minimum atomic E-state index is -0.283. The van der Waals surface area contributed by atoms with Crippen molar-refractivity contribution in [1.82, 2.24) is 0 Å². The first kappa shape index (κ1) is 23.5. The van der Waals surface area contributed by atoms with Gasteiger partial charge in [0, 0.05) is 28.4 Å². The van der Waals surface area contributed by atoms with Crippen molar-refractivity contribution in [2.24, 2.45) is 10.9 Å². The average Bonchev–Trinajstić information content (AvgIpc) is 3.42. The molecule has 0 spiro atoms. The van der Waals surface area contributed by atoms with Crippen molar-refractivity contribution in [1.29, 1.82) is 0 Å². The molecule has 184 valence electrons. The van der Waals surface area contributed by atoms with Crippen molar-refractivity contribution in [2.75, 3.05) is 5.32 Å². The molecule has 6 rings (SSSR count). The van der Waals surface area contributed by atoms with Gasteiger partial charge in [-0.05, 0) is 77.6 Å². The molecule has 0 fully saturated rings. The summed E-state index contributed by atoms with van der Waals surface area (Å²) in [5.74, 6) is 1.32. The molecular weight excluding hydrogens is 483 g/mol. The van der Waals surface area contributed by atoms with Crippen LogP contribution in [0.5, 0.6) is 5.75 Å². The molecule has 0 amide bonds. The van der Waals surface area contributed by atoms with Crippen molar-refractivity contribution in [3.8, 4) is 5.75 Å². The van der Waals surface area contributed by atoms with Crippen LogP contribution in [-0.2, 0) is 6.61 Å². The van der Waals surface area contributed by atoms with Gasteiger partial charge in [0.1, 0.15) is 18.2 Å². The van der Waals surface area contributed by atoms with Gasteiger partial charge in [0.05, 0.1) is 11.7 Å². The molecule has 0 saturated heterocycles. The summed E-state index contributed by atoms with van der Waals surface area (Å²) in [6, 6.07) is 29.1. The van der Waals surface area contributed by atoms with Crippen molar-refractivity contribution >= 4 is 29.2 Å². The highest BCUT2D eigenvalue weighted by Gasteiger charge is 2.37. The summed E-state index contributed by atoms with van der Waals surface area (Å²) in [6.07, 6.45) is 7.50. The maximum Gasteiger partial charge on any atom is 0.128 e. The van der Waals surface area contributed by atoms with Crippen LogP contribution in [0.1, 0.15) is 40.6 Å². The van der Waals surface area contributed by atoms with Crippen LogP contribution in [0, 0.1) is 11.7 Å². The van der Waals surface area contributed by atoms with Gasteiger partial charge in [-0.3, -0.25) is 4.99 Å². The topological polar surface area (TPSA) is 33.6 Å². The lowest BCUT2D eigenvalue weighted by Crippen LogP contribution is -2.28. The normalized spacial score (nSPS) is 19.9. The smallest absolute Gasteiger partial charge is 0.128 e. The molecule has 1 aliphatic heterocycles. The van der Waals surface area contributed by atoms with Crippen LogP contribution >= 0.6 is 11.6 Å². The first-order valence-corrected chi connectivity index (χ1v) is 12.8. The molecule has 5 heteroatoms. The number of rotatable bonds is 6. The molecule has 3 atom stereocenters. The summed E-state index contributed by atoms with van der Waals surface area (Å²) in [5.41, 5.74) is 6.22. The highest BCUT2D eigenvalue weighted by atomic mass is 35.5. The van der Waals surface area contributed by atoms with E-state index in [9.17, 15) is 4.39 Å². The molecule has 0 radical (unpaired) electrons. The quantitative estimate of drug-likeness (QED) is 0.209. The Balaban J connectivity index is 1.19. The van der Waals surface area contributed by atoms with Gasteiger partial charge in [-0.1, -0.05) is 66.2 Å². The first-order valence-electron chi connectivity index (χ1n) is 12.5. The van der Waals surface area contributed by atoms with E-state index in [-0.39, 0.29) is 18.5 Å². The molecule has 4 aromatic rings. The largest absolute Gasteiger partial charge is 0.488 e. The van der Waals surface area contributed by atoms with Gasteiger partial charge in [0.2, 0.25) is 0 Å². The Morgan fingerprint density at radius 3 is 2.70 bits per heavy atom. The number of halogens is 2. The minimum Gasteiger partial charge on any atom is -0.488 e. The van der Waals surface area contributed by atoms with E-state index in [1.54, 1.807) is 18.3 Å². The third-order valence-electron chi connectivity index (χ3n) is 7.13. The lowest BCUT2D eigenvalue weighted by molar-refractivity contribution is 0.305. The van der Waals surface area contributed by atoms with E-state index in [1.807, 2.05) is 30.3 Å². The number of nitrogens with one attached hydrogen (secondary N) is 1. The van der Waals surface area contributed by atoms with Crippen LogP contribution in [0.4, 0.5) is 15.8 Å². The summed E-state index contributed by atoms with van der Waals surface area (Å²) < 4.78 is 19.5. The summed E-state index contributed by atoms with van der Waals surface area (Å²) in [7, 11) is 0. The van der Waals surface area contributed by atoms with Gasteiger partial charge >= 0.3 is 0 Å². The molecule has 1 heterocycles. The molecule has 0 aromatic heterocycles. The second-order valence-corrected chi connectivity index (χ2v) is 9.95. The third kappa shape index (κ3) is 5.03. The van der Waals surface area contributed by atoms with Crippen LogP contribution in [-0.4, -0.2) is 6.21 Å². The Kier molecular flexibility index (Phi) is 6.50. The Bertz CT molecular complexity index is 1480. The first-order chi connectivity index (χ1) is 18.1. The van der Waals surface area contributed by atoms with E-state index in [4.69, 9.17) is 16.3 Å². The number of ether oxygens (including phenoxy) is 1. The van der Waals surface area contributed by atoms with Gasteiger partial charge in [0.15, 0.2) is 0 Å². The Labute approximate surface area is 221 Å². The predicted octanol–water partition coefficient (Wildman–Crippen LogP) is 8.64. The van der Waals surface area contributed by atoms with E-state index in [0.29, 0.717) is 22.6 Å². The highest BCUT2D eigenvalue weighted by Crippen LogP contribution is 2.49. The average molecular weight is 509 g/mol. The molecule has 1 aliphatic carbocycles. The molecule has 2 aliphatic rings. The molecule has 37 heavy (non-hydrogen) atoms. The minimum absolute atomic E-state index is 0.253. The molecule has 0 saturated carbocycles. The SMILES string of the molecule is Fc1cccc(COc2ccc(Cl)cc2C=Nc2ccc([C@@H]3Nc4ccccc4[C@@H]4C=CC[C@@H]43)cc2)c1. The number of benzene rings is 4. The van der Waals surface area contributed by atoms with Crippen LogP contribution in [0.2, 0.25) is 5.02 Å². The third-order valence-corrected chi connectivity index (χ3v) is 7.37. The number of hydrogen-bond acceptors (Lipinski definition) is 3. The maximum atomic E-state index is 13.5. The number of hydrogen-bond donors (Lipinski definition) is 1. The Hall–Kier alpha value is -3.89. The highest BCUT2D eigenvalue weighted by molar-refractivity contribution is 6.30. The monoisotopic (exact) mass is 508 g/mol. The number of nitrogens with zero attached hydrogens (tertiary/aromatic N) is 1. The zero-order chi connectivity index (χ0) is 25.2. The standard InChI is InChI=1S/C32H26ClFN2O/c33-24-13-16-31(37-20-21-5-3-6-25(34)17-21)23(18-24)19-35-26-14-11-22(12-15-26)32-29-9-4-8-27(29)28-7-1-2-10-30(28)36-32/h1-8,10-19,27,29,32,36H,9,20H2/t27-,29-,32-/m0/s1. The van der Waals surface area contributed by atoms with E-state index in [0.717, 1.165) is 23.2 Å². The predicted molar refractivity (Wildman–Crippen MR) is 149 cm³/mol. The van der Waals surface area contributed by atoms with Crippen LogP contribution in [0.15, 0.2) is 108 Å². The number of aliphatic imine (C=N–C) groups is 1. The fourth-order valence-electron chi connectivity index (χ4n) is 5.32. The van der Waals surface area contributed by atoms with Crippen LogP contribution in [0.25, 0.3) is 0 Å². The maximum absolute atomic E-state index is 13.5. The molecular formula is C32H26ClFN2O. The van der Waals surface area contributed by atoms with Gasteiger partial charge in [-0.25, -0.2) is 4.39 Å². The van der Waals surface area contributed by atoms with Gasteiger partial charge in [0.25, 0.3) is 0 Å². The number of fused-ring (bicyclic) bond motifs is 3. The Morgan fingerprint density at radius 2 is 1.84 bits per heavy atom. The van der Waals surface area contributed by atoms with Crippen molar-refractivity contribution < 1.29 is 9.13 Å². The van der Waals surface area contributed by atoms with E-state index < -0.39 is 0 Å². The second-order valence-electron chi connectivity index (χ2n) is 9.51.